The van der Waals surface area contributed by atoms with Crippen LogP contribution in [0.2, 0.25) is 0 Å². The van der Waals surface area contributed by atoms with Crippen molar-refractivity contribution in [3.8, 4) is 0 Å². The highest BCUT2D eigenvalue weighted by atomic mass is 79.9. The van der Waals surface area contributed by atoms with Gasteiger partial charge in [-0.05, 0) is 38.3 Å². The van der Waals surface area contributed by atoms with Crippen molar-refractivity contribution in [1.82, 2.24) is 4.98 Å². The summed E-state index contributed by atoms with van der Waals surface area (Å²) in [4.78, 5) is 14.4. The van der Waals surface area contributed by atoms with E-state index in [1.807, 2.05) is 16.8 Å². The summed E-state index contributed by atoms with van der Waals surface area (Å²) in [7, 11) is 0. The average Bonchev–Trinajstić information content (AvgIpc) is 2.80. The first kappa shape index (κ1) is 12.0. The number of hydrogen-bond acceptors (Lipinski definition) is 5. The molecule has 2 aromatic rings. The highest BCUT2D eigenvalue weighted by molar-refractivity contribution is 9.10. The van der Waals surface area contributed by atoms with Crippen molar-refractivity contribution in [1.29, 1.82) is 0 Å². The topological polar surface area (TPSA) is 68.1 Å². The fourth-order valence-corrected chi connectivity index (χ4v) is 2.27. The normalized spacial score (nSPS) is 10.2. The van der Waals surface area contributed by atoms with Gasteiger partial charge in [-0.15, -0.1) is 0 Å². The van der Waals surface area contributed by atoms with Crippen molar-refractivity contribution < 1.29 is 4.92 Å². The molecular formula is C10H8BrN3O2S. The van der Waals surface area contributed by atoms with Crippen LogP contribution in [0.4, 0.5) is 11.5 Å². The molecule has 0 bridgehead atoms. The number of nitrogens with one attached hydrogen (secondary N) is 1. The molecule has 0 fully saturated rings. The first-order chi connectivity index (χ1) is 8.16. The van der Waals surface area contributed by atoms with Gasteiger partial charge in [0.1, 0.15) is 0 Å². The molecule has 5 nitrogen and oxygen atoms in total. The maximum atomic E-state index is 10.8. The van der Waals surface area contributed by atoms with E-state index in [4.69, 9.17) is 0 Å². The van der Waals surface area contributed by atoms with Crippen LogP contribution in [0.5, 0.6) is 0 Å². The standard InChI is InChI=1S/C10H8BrN3O2S/c11-8-3-9(14(15)16)10(13-5-8)12-4-7-1-2-17-6-7/h1-3,5-6H,4H2,(H,12,13). The summed E-state index contributed by atoms with van der Waals surface area (Å²) in [5.41, 5.74) is 1.05. The molecule has 17 heavy (non-hydrogen) atoms. The molecule has 2 aromatic heterocycles. The van der Waals surface area contributed by atoms with Crippen LogP contribution in [0.3, 0.4) is 0 Å². The summed E-state index contributed by atoms with van der Waals surface area (Å²) < 4.78 is 0.588. The fourth-order valence-electron chi connectivity index (χ4n) is 1.28. The third kappa shape index (κ3) is 3.01. The van der Waals surface area contributed by atoms with E-state index >= 15 is 0 Å². The minimum Gasteiger partial charge on any atom is -0.360 e. The van der Waals surface area contributed by atoms with Gasteiger partial charge in [0.05, 0.1) is 4.92 Å². The van der Waals surface area contributed by atoms with Crippen LogP contribution >= 0.6 is 27.3 Å². The first-order valence-corrected chi connectivity index (χ1v) is 6.45. The van der Waals surface area contributed by atoms with Crippen molar-refractivity contribution in [2.75, 3.05) is 5.32 Å². The van der Waals surface area contributed by atoms with Gasteiger partial charge in [-0.3, -0.25) is 10.1 Å². The van der Waals surface area contributed by atoms with Crippen LogP contribution in [-0.2, 0) is 6.54 Å². The van der Waals surface area contributed by atoms with Gasteiger partial charge in [0.15, 0.2) is 0 Å². The molecule has 0 aliphatic heterocycles. The van der Waals surface area contributed by atoms with Crippen molar-refractivity contribution in [3.63, 3.8) is 0 Å². The zero-order valence-electron chi connectivity index (χ0n) is 8.59. The van der Waals surface area contributed by atoms with Gasteiger partial charge in [-0.25, -0.2) is 4.98 Å². The minimum absolute atomic E-state index is 0.0328. The molecule has 0 amide bonds. The van der Waals surface area contributed by atoms with E-state index in [1.165, 1.54) is 12.3 Å². The van der Waals surface area contributed by atoms with E-state index in [0.29, 0.717) is 11.0 Å². The van der Waals surface area contributed by atoms with Crippen LogP contribution < -0.4 is 5.32 Å². The monoisotopic (exact) mass is 313 g/mol. The van der Waals surface area contributed by atoms with Crippen LogP contribution in [0.25, 0.3) is 0 Å². The molecule has 88 valence electrons. The van der Waals surface area contributed by atoms with Crippen molar-refractivity contribution in [2.45, 2.75) is 6.54 Å². The van der Waals surface area contributed by atoms with Crippen molar-refractivity contribution in [3.05, 3.63) is 49.2 Å². The second-order valence-corrected chi connectivity index (χ2v) is 4.96. The van der Waals surface area contributed by atoms with E-state index in [1.54, 1.807) is 11.3 Å². The Morgan fingerprint density at radius 2 is 2.41 bits per heavy atom. The van der Waals surface area contributed by atoms with Crippen molar-refractivity contribution >= 4 is 38.8 Å². The van der Waals surface area contributed by atoms with E-state index in [2.05, 4.69) is 26.2 Å². The smallest absolute Gasteiger partial charge is 0.312 e. The van der Waals surface area contributed by atoms with Gasteiger partial charge in [0, 0.05) is 23.3 Å². The van der Waals surface area contributed by atoms with E-state index in [0.717, 1.165) is 5.56 Å². The second kappa shape index (κ2) is 5.24. The number of pyridine rings is 1. The predicted molar refractivity (Wildman–Crippen MR) is 70.2 cm³/mol. The molecule has 0 unspecified atom stereocenters. The van der Waals surface area contributed by atoms with Gasteiger partial charge in [-0.2, -0.15) is 11.3 Å². The second-order valence-electron chi connectivity index (χ2n) is 3.26. The third-order valence-electron chi connectivity index (χ3n) is 2.07. The summed E-state index contributed by atoms with van der Waals surface area (Å²) in [5.74, 6) is 0.282. The minimum atomic E-state index is -0.451. The molecule has 0 atom stereocenters. The quantitative estimate of drug-likeness (QED) is 0.693. The summed E-state index contributed by atoms with van der Waals surface area (Å²) in [5, 5.41) is 17.7. The fraction of sp³-hybridized carbons (Fsp3) is 0.100. The summed E-state index contributed by atoms with van der Waals surface area (Å²) >= 11 is 4.75. The van der Waals surface area contributed by atoms with Gasteiger partial charge < -0.3 is 5.32 Å². The number of aromatic nitrogens is 1. The Morgan fingerprint density at radius 3 is 3.06 bits per heavy atom. The molecule has 0 radical (unpaired) electrons. The molecule has 0 saturated carbocycles. The van der Waals surface area contributed by atoms with E-state index in [9.17, 15) is 10.1 Å². The Labute approximate surface area is 110 Å². The summed E-state index contributed by atoms with van der Waals surface area (Å²) in [6, 6.07) is 3.39. The highest BCUT2D eigenvalue weighted by Gasteiger charge is 2.15. The Bertz CT molecular complexity index is 530. The molecular weight excluding hydrogens is 306 g/mol. The SMILES string of the molecule is O=[N+]([O-])c1cc(Br)cnc1NCc1ccsc1. The number of anilines is 1. The number of nitrogens with zero attached hydrogens (tertiary/aromatic N) is 2. The average molecular weight is 314 g/mol. The molecule has 0 aliphatic carbocycles. The molecule has 2 heterocycles. The third-order valence-corrected chi connectivity index (χ3v) is 3.24. The Morgan fingerprint density at radius 1 is 1.59 bits per heavy atom. The van der Waals surface area contributed by atoms with Crippen LogP contribution in [0.1, 0.15) is 5.56 Å². The molecule has 7 heteroatoms. The highest BCUT2D eigenvalue weighted by Crippen LogP contribution is 2.25. The van der Waals surface area contributed by atoms with Crippen LogP contribution in [0.15, 0.2) is 33.6 Å². The largest absolute Gasteiger partial charge is 0.360 e. The van der Waals surface area contributed by atoms with Gasteiger partial charge in [0.25, 0.3) is 0 Å². The van der Waals surface area contributed by atoms with E-state index < -0.39 is 4.92 Å². The summed E-state index contributed by atoms with van der Waals surface area (Å²) in [6.07, 6.45) is 1.53. The Hall–Kier alpha value is -1.47. The van der Waals surface area contributed by atoms with E-state index in [-0.39, 0.29) is 11.5 Å². The molecule has 0 aromatic carbocycles. The lowest BCUT2D eigenvalue weighted by molar-refractivity contribution is -0.384. The van der Waals surface area contributed by atoms with Gasteiger partial charge >= 0.3 is 5.69 Å². The number of nitro groups is 1. The zero-order valence-corrected chi connectivity index (χ0v) is 11.0. The number of thiophene rings is 1. The lowest BCUT2D eigenvalue weighted by atomic mass is 10.3. The first-order valence-electron chi connectivity index (χ1n) is 4.71. The zero-order chi connectivity index (χ0) is 12.3. The lowest BCUT2D eigenvalue weighted by Crippen LogP contribution is -2.03. The Kier molecular flexibility index (Phi) is 3.70. The van der Waals surface area contributed by atoms with Crippen molar-refractivity contribution in [2.24, 2.45) is 0 Å². The molecule has 0 aliphatic rings. The predicted octanol–water partition coefficient (Wildman–Crippen LogP) is 3.43. The number of hydrogen-bond donors (Lipinski definition) is 1. The number of rotatable bonds is 4. The maximum Gasteiger partial charge on any atom is 0.312 e. The number of halogens is 1. The van der Waals surface area contributed by atoms with Gasteiger partial charge in [-0.1, -0.05) is 0 Å². The van der Waals surface area contributed by atoms with Crippen LogP contribution in [-0.4, -0.2) is 9.91 Å². The molecule has 0 saturated heterocycles. The van der Waals surface area contributed by atoms with Gasteiger partial charge in [0.2, 0.25) is 5.82 Å². The molecule has 0 spiro atoms. The molecule has 1 N–H and O–H groups in total. The lowest BCUT2D eigenvalue weighted by Gasteiger charge is -2.04. The maximum absolute atomic E-state index is 10.8. The summed E-state index contributed by atoms with van der Waals surface area (Å²) in [6.45, 7) is 0.527. The Balaban J connectivity index is 2.17. The molecule has 2 rings (SSSR count). The van der Waals surface area contributed by atoms with Crippen LogP contribution in [0, 0.1) is 10.1 Å².